The molecule has 0 atom stereocenters. The molecule has 2 aromatic rings. The third-order valence-electron chi connectivity index (χ3n) is 2.97. The summed E-state index contributed by atoms with van der Waals surface area (Å²) < 4.78 is 16.0. The molecule has 2 rings (SSSR count). The van der Waals surface area contributed by atoms with E-state index in [2.05, 4.69) is 11.4 Å². The lowest BCUT2D eigenvalue weighted by atomic mass is 10.2. The number of para-hydroxylation sites is 1. The van der Waals surface area contributed by atoms with Crippen molar-refractivity contribution in [1.29, 1.82) is 0 Å². The summed E-state index contributed by atoms with van der Waals surface area (Å²) in [7, 11) is 1.70. The molecule has 1 heterocycles. The molecule has 4 heteroatoms. The van der Waals surface area contributed by atoms with Crippen LogP contribution in [0.5, 0.6) is 5.75 Å². The first-order chi connectivity index (χ1) is 9.90. The summed E-state index contributed by atoms with van der Waals surface area (Å²) in [6.45, 7) is 2.98. The van der Waals surface area contributed by atoms with E-state index in [-0.39, 0.29) is 0 Å². The number of hydrogen-bond donors (Lipinski definition) is 1. The molecule has 1 aromatic heterocycles. The van der Waals surface area contributed by atoms with Crippen LogP contribution in [-0.4, -0.2) is 20.3 Å². The smallest absolute Gasteiger partial charge is 0.129 e. The average Bonchev–Trinajstić information content (AvgIpc) is 3.00. The fraction of sp³-hybridized carbons (Fsp3) is 0.375. The van der Waals surface area contributed by atoms with E-state index in [0.717, 1.165) is 37.6 Å². The molecule has 0 aliphatic rings. The Hall–Kier alpha value is -1.78. The van der Waals surface area contributed by atoms with Crippen molar-refractivity contribution >= 4 is 0 Å². The highest BCUT2D eigenvalue weighted by molar-refractivity contribution is 5.32. The van der Waals surface area contributed by atoms with E-state index in [1.54, 1.807) is 13.4 Å². The Morgan fingerprint density at radius 1 is 1.15 bits per heavy atom. The summed E-state index contributed by atoms with van der Waals surface area (Å²) >= 11 is 0. The summed E-state index contributed by atoms with van der Waals surface area (Å²) in [6, 6.07) is 11.8. The standard InChI is InChI=1S/C16H21NO3/c1-18-16-8-3-2-6-14(16)12-17-9-5-10-19-13-15-7-4-11-20-15/h2-4,6-8,11,17H,5,9-10,12-13H2,1H3. The van der Waals surface area contributed by atoms with Crippen LogP contribution in [0.15, 0.2) is 47.1 Å². The monoisotopic (exact) mass is 275 g/mol. The van der Waals surface area contributed by atoms with Crippen LogP contribution in [0.25, 0.3) is 0 Å². The molecule has 0 bridgehead atoms. The van der Waals surface area contributed by atoms with Gasteiger partial charge in [0.2, 0.25) is 0 Å². The number of hydrogen-bond acceptors (Lipinski definition) is 4. The number of nitrogens with one attached hydrogen (secondary N) is 1. The zero-order valence-corrected chi connectivity index (χ0v) is 11.8. The molecule has 0 fully saturated rings. The maximum absolute atomic E-state index is 5.52. The van der Waals surface area contributed by atoms with Gasteiger partial charge < -0.3 is 19.2 Å². The van der Waals surface area contributed by atoms with Gasteiger partial charge in [-0.05, 0) is 31.2 Å². The van der Waals surface area contributed by atoms with Gasteiger partial charge in [0, 0.05) is 18.7 Å². The predicted octanol–water partition coefficient (Wildman–Crippen LogP) is 2.98. The van der Waals surface area contributed by atoms with Gasteiger partial charge in [-0.3, -0.25) is 0 Å². The van der Waals surface area contributed by atoms with Crippen molar-refractivity contribution in [3.05, 3.63) is 54.0 Å². The first kappa shape index (κ1) is 14.6. The quantitative estimate of drug-likeness (QED) is 0.714. The Labute approximate surface area is 119 Å². The second kappa shape index (κ2) is 8.40. The second-order valence-electron chi connectivity index (χ2n) is 4.47. The summed E-state index contributed by atoms with van der Waals surface area (Å²) in [4.78, 5) is 0. The Morgan fingerprint density at radius 3 is 2.85 bits per heavy atom. The Kier molecular flexibility index (Phi) is 6.14. The van der Waals surface area contributed by atoms with Crippen molar-refractivity contribution in [3.8, 4) is 5.75 Å². The maximum atomic E-state index is 5.52. The number of rotatable bonds is 9. The first-order valence-electron chi connectivity index (χ1n) is 6.83. The second-order valence-corrected chi connectivity index (χ2v) is 4.47. The molecule has 108 valence electrons. The number of benzene rings is 1. The topological polar surface area (TPSA) is 43.6 Å². The third kappa shape index (κ3) is 4.72. The molecule has 0 radical (unpaired) electrons. The molecule has 0 aliphatic heterocycles. The van der Waals surface area contributed by atoms with Gasteiger partial charge in [-0.25, -0.2) is 0 Å². The van der Waals surface area contributed by atoms with Gasteiger partial charge in [-0.15, -0.1) is 0 Å². The van der Waals surface area contributed by atoms with Gasteiger partial charge in [0.25, 0.3) is 0 Å². The fourth-order valence-corrected chi connectivity index (χ4v) is 1.94. The van der Waals surface area contributed by atoms with E-state index < -0.39 is 0 Å². The summed E-state index contributed by atoms with van der Waals surface area (Å²) in [5.74, 6) is 1.79. The lowest BCUT2D eigenvalue weighted by Crippen LogP contribution is -2.16. The van der Waals surface area contributed by atoms with Crippen molar-refractivity contribution in [3.63, 3.8) is 0 Å². The van der Waals surface area contributed by atoms with Gasteiger partial charge in [0.05, 0.1) is 13.4 Å². The summed E-state index contributed by atoms with van der Waals surface area (Å²) in [6.07, 6.45) is 2.63. The normalized spacial score (nSPS) is 10.7. The van der Waals surface area contributed by atoms with Crippen LogP contribution in [-0.2, 0) is 17.9 Å². The minimum absolute atomic E-state index is 0.541. The van der Waals surface area contributed by atoms with Gasteiger partial charge in [0.1, 0.15) is 18.1 Å². The first-order valence-corrected chi connectivity index (χ1v) is 6.83. The SMILES string of the molecule is COc1ccccc1CNCCCOCc1ccco1. The molecular weight excluding hydrogens is 254 g/mol. The third-order valence-corrected chi connectivity index (χ3v) is 2.97. The molecule has 0 spiro atoms. The van der Waals surface area contributed by atoms with Gasteiger partial charge in [-0.1, -0.05) is 18.2 Å². The minimum atomic E-state index is 0.541. The molecule has 20 heavy (non-hydrogen) atoms. The van der Waals surface area contributed by atoms with Gasteiger partial charge >= 0.3 is 0 Å². The van der Waals surface area contributed by atoms with E-state index >= 15 is 0 Å². The van der Waals surface area contributed by atoms with E-state index in [0.29, 0.717) is 6.61 Å². The van der Waals surface area contributed by atoms with Crippen molar-refractivity contribution < 1.29 is 13.9 Å². The minimum Gasteiger partial charge on any atom is -0.496 e. The molecule has 4 nitrogen and oxygen atoms in total. The maximum Gasteiger partial charge on any atom is 0.129 e. The van der Waals surface area contributed by atoms with Crippen LogP contribution in [0.4, 0.5) is 0 Å². The van der Waals surface area contributed by atoms with Crippen molar-refractivity contribution in [1.82, 2.24) is 5.32 Å². The van der Waals surface area contributed by atoms with Crippen LogP contribution < -0.4 is 10.1 Å². The zero-order valence-electron chi connectivity index (χ0n) is 11.8. The highest BCUT2D eigenvalue weighted by atomic mass is 16.5. The molecule has 0 aliphatic carbocycles. The lowest BCUT2D eigenvalue weighted by molar-refractivity contribution is 0.104. The summed E-state index contributed by atoms with van der Waals surface area (Å²) in [5, 5.41) is 3.39. The van der Waals surface area contributed by atoms with Crippen LogP contribution in [0.2, 0.25) is 0 Å². The Balaban J connectivity index is 1.55. The van der Waals surface area contributed by atoms with Crippen molar-refractivity contribution in [2.45, 2.75) is 19.6 Å². The van der Waals surface area contributed by atoms with Crippen LogP contribution in [0.1, 0.15) is 17.7 Å². The Bertz CT molecular complexity index is 482. The molecule has 1 aromatic carbocycles. The fourth-order valence-electron chi connectivity index (χ4n) is 1.94. The number of ether oxygens (including phenoxy) is 2. The van der Waals surface area contributed by atoms with Crippen LogP contribution in [0.3, 0.4) is 0 Å². The van der Waals surface area contributed by atoms with Crippen molar-refractivity contribution in [2.24, 2.45) is 0 Å². The van der Waals surface area contributed by atoms with Crippen LogP contribution >= 0.6 is 0 Å². The molecule has 0 saturated heterocycles. The zero-order chi connectivity index (χ0) is 14.0. The lowest BCUT2D eigenvalue weighted by Gasteiger charge is -2.09. The van der Waals surface area contributed by atoms with Gasteiger partial charge in [-0.2, -0.15) is 0 Å². The molecule has 1 N–H and O–H groups in total. The molecule has 0 saturated carbocycles. The van der Waals surface area contributed by atoms with E-state index in [1.807, 2.05) is 30.3 Å². The average molecular weight is 275 g/mol. The summed E-state index contributed by atoms with van der Waals surface area (Å²) in [5.41, 5.74) is 1.17. The highest BCUT2D eigenvalue weighted by Crippen LogP contribution is 2.16. The Morgan fingerprint density at radius 2 is 2.05 bits per heavy atom. The van der Waals surface area contributed by atoms with Gasteiger partial charge in [0.15, 0.2) is 0 Å². The molecule has 0 amide bonds. The predicted molar refractivity (Wildman–Crippen MR) is 77.7 cm³/mol. The highest BCUT2D eigenvalue weighted by Gasteiger charge is 2.00. The molecular formula is C16H21NO3. The van der Waals surface area contributed by atoms with Crippen LogP contribution in [0, 0.1) is 0 Å². The number of methoxy groups -OCH3 is 1. The van der Waals surface area contributed by atoms with E-state index in [1.165, 1.54) is 5.56 Å². The molecule has 0 unspecified atom stereocenters. The number of furan rings is 1. The van der Waals surface area contributed by atoms with Crippen molar-refractivity contribution in [2.75, 3.05) is 20.3 Å². The van der Waals surface area contributed by atoms with E-state index in [9.17, 15) is 0 Å². The van der Waals surface area contributed by atoms with E-state index in [4.69, 9.17) is 13.9 Å². The largest absolute Gasteiger partial charge is 0.496 e.